The second-order valence-corrected chi connectivity index (χ2v) is 5.25. The molecular weight excluding hydrogens is 294 g/mol. The van der Waals surface area contributed by atoms with Crippen LogP contribution < -0.4 is 5.73 Å². The number of hydrogen-bond acceptors (Lipinski definition) is 2. The van der Waals surface area contributed by atoms with Crippen LogP contribution in [0, 0.1) is 0 Å². The second-order valence-electron chi connectivity index (χ2n) is 3.21. The molecule has 0 spiro atoms. The Kier molecular flexibility index (Phi) is 3.46. The maximum atomic E-state index is 6.12. The van der Waals surface area contributed by atoms with Crippen molar-refractivity contribution in [3.05, 3.63) is 55.6 Å². The van der Waals surface area contributed by atoms with E-state index in [0.717, 1.165) is 15.6 Å². The molecule has 1 nitrogen and oxygen atoms in total. The van der Waals surface area contributed by atoms with Crippen LogP contribution in [0.2, 0.25) is 5.02 Å². The van der Waals surface area contributed by atoms with Crippen LogP contribution in [0.3, 0.4) is 0 Å². The minimum absolute atomic E-state index is 0.0789. The van der Waals surface area contributed by atoms with E-state index in [1.165, 1.54) is 0 Å². The average molecular weight is 303 g/mol. The molecule has 0 fully saturated rings. The molecule has 1 heterocycles. The van der Waals surface area contributed by atoms with E-state index in [1.807, 2.05) is 29.6 Å². The molecule has 0 aliphatic carbocycles. The van der Waals surface area contributed by atoms with Crippen LogP contribution in [0.5, 0.6) is 0 Å². The van der Waals surface area contributed by atoms with Crippen molar-refractivity contribution < 1.29 is 0 Å². The van der Waals surface area contributed by atoms with Gasteiger partial charge in [0.05, 0.1) is 11.1 Å². The second kappa shape index (κ2) is 4.66. The molecule has 1 atom stereocenters. The minimum atomic E-state index is -0.0789. The lowest BCUT2D eigenvalue weighted by Gasteiger charge is -2.11. The summed E-state index contributed by atoms with van der Waals surface area (Å²) in [5.41, 5.74) is 8.32. The molecule has 15 heavy (non-hydrogen) atoms. The lowest BCUT2D eigenvalue weighted by atomic mass is 10.0. The Balaban J connectivity index is 2.34. The molecule has 1 aromatic carbocycles. The molecule has 0 amide bonds. The number of benzene rings is 1. The van der Waals surface area contributed by atoms with E-state index in [0.29, 0.717) is 5.02 Å². The molecule has 2 aromatic rings. The first-order valence-electron chi connectivity index (χ1n) is 4.41. The number of rotatable bonds is 2. The topological polar surface area (TPSA) is 26.0 Å². The van der Waals surface area contributed by atoms with Crippen molar-refractivity contribution in [2.45, 2.75) is 6.04 Å². The van der Waals surface area contributed by atoms with E-state index in [4.69, 9.17) is 17.3 Å². The first kappa shape index (κ1) is 11.1. The van der Waals surface area contributed by atoms with Gasteiger partial charge in [-0.3, -0.25) is 0 Å². The summed E-state index contributed by atoms with van der Waals surface area (Å²) in [5.74, 6) is 0. The van der Waals surface area contributed by atoms with Crippen LogP contribution >= 0.6 is 38.9 Å². The van der Waals surface area contributed by atoms with Gasteiger partial charge in [-0.2, -0.15) is 11.3 Å². The van der Waals surface area contributed by atoms with Crippen molar-refractivity contribution >= 4 is 38.9 Å². The van der Waals surface area contributed by atoms with Crippen molar-refractivity contribution in [3.8, 4) is 0 Å². The molecule has 1 aromatic heterocycles. The summed E-state index contributed by atoms with van der Waals surface area (Å²) in [6.07, 6.45) is 0. The third-order valence-electron chi connectivity index (χ3n) is 2.21. The Bertz CT molecular complexity index is 456. The van der Waals surface area contributed by atoms with Crippen LogP contribution in [0.25, 0.3) is 0 Å². The number of nitrogens with two attached hydrogens (primary N) is 1. The van der Waals surface area contributed by atoms with Crippen molar-refractivity contribution in [3.63, 3.8) is 0 Å². The first-order valence-corrected chi connectivity index (χ1v) is 6.52. The summed E-state index contributed by atoms with van der Waals surface area (Å²) in [5, 5.41) is 4.80. The van der Waals surface area contributed by atoms with Crippen molar-refractivity contribution in [2.24, 2.45) is 5.73 Å². The fraction of sp³-hybridized carbons (Fsp3) is 0.0909. The zero-order chi connectivity index (χ0) is 10.8. The van der Waals surface area contributed by atoms with Crippen molar-refractivity contribution in [1.82, 2.24) is 0 Å². The summed E-state index contributed by atoms with van der Waals surface area (Å²) in [6.45, 7) is 0. The molecule has 0 saturated heterocycles. The summed E-state index contributed by atoms with van der Waals surface area (Å²) in [4.78, 5) is 0. The van der Waals surface area contributed by atoms with Gasteiger partial charge in [-0.25, -0.2) is 0 Å². The van der Waals surface area contributed by atoms with Gasteiger partial charge in [0, 0.05) is 4.47 Å². The SMILES string of the molecule is NC(c1ccsc1)c1ccc(Cl)c(Br)c1. The molecular formula is C11H9BrClNS. The molecule has 0 aliphatic heterocycles. The van der Waals surface area contributed by atoms with Crippen LogP contribution in [0.4, 0.5) is 0 Å². The van der Waals surface area contributed by atoms with Gasteiger partial charge in [-0.1, -0.05) is 17.7 Å². The van der Waals surface area contributed by atoms with Crippen LogP contribution in [0.15, 0.2) is 39.5 Å². The summed E-state index contributed by atoms with van der Waals surface area (Å²) >= 11 is 11.0. The quantitative estimate of drug-likeness (QED) is 0.883. The number of thiophene rings is 1. The summed E-state index contributed by atoms with van der Waals surface area (Å²) < 4.78 is 0.882. The molecule has 78 valence electrons. The van der Waals surface area contributed by atoms with Crippen LogP contribution in [0.1, 0.15) is 17.2 Å². The van der Waals surface area contributed by atoms with E-state index in [-0.39, 0.29) is 6.04 Å². The van der Waals surface area contributed by atoms with Crippen LogP contribution in [-0.2, 0) is 0 Å². The largest absolute Gasteiger partial charge is 0.320 e. The van der Waals surface area contributed by atoms with Gasteiger partial charge in [0.15, 0.2) is 0 Å². The van der Waals surface area contributed by atoms with Gasteiger partial charge in [0.1, 0.15) is 0 Å². The molecule has 1 unspecified atom stereocenters. The molecule has 2 N–H and O–H groups in total. The van der Waals surface area contributed by atoms with E-state index in [1.54, 1.807) is 11.3 Å². The smallest absolute Gasteiger partial charge is 0.0560 e. The molecule has 2 rings (SSSR count). The molecule has 4 heteroatoms. The van der Waals surface area contributed by atoms with Gasteiger partial charge in [-0.15, -0.1) is 0 Å². The minimum Gasteiger partial charge on any atom is -0.320 e. The highest BCUT2D eigenvalue weighted by molar-refractivity contribution is 9.10. The Hall–Kier alpha value is -0.350. The van der Waals surface area contributed by atoms with Gasteiger partial charge in [0.25, 0.3) is 0 Å². The fourth-order valence-electron chi connectivity index (χ4n) is 1.35. The van der Waals surface area contributed by atoms with Crippen LogP contribution in [-0.4, -0.2) is 0 Å². The highest BCUT2D eigenvalue weighted by Crippen LogP contribution is 2.28. The molecule has 0 bridgehead atoms. The molecule has 0 saturated carbocycles. The fourth-order valence-corrected chi connectivity index (χ4v) is 2.56. The summed E-state index contributed by atoms with van der Waals surface area (Å²) in [7, 11) is 0. The van der Waals surface area contributed by atoms with Gasteiger partial charge < -0.3 is 5.73 Å². The third-order valence-corrected chi connectivity index (χ3v) is 4.12. The predicted molar refractivity (Wildman–Crippen MR) is 69.5 cm³/mol. The van der Waals surface area contributed by atoms with E-state index in [9.17, 15) is 0 Å². The maximum Gasteiger partial charge on any atom is 0.0560 e. The third kappa shape index (κ3) is 2.42. The Morgan fingerprint density at radius 3 is 2.67 bits per heavy atom. The average Bonchev–Trinajstić information content (AvgIpc) is 2.74. The zero-order valence-corrected chi connectivity index (χ0v) is 10.9. The lowest BCUT2D eigenvalue weighted by molar-refractivity contribution is 0.876. The van der Waals surface area contributed by atoms with Gasteiger partial charge in [0.2, 0.25) is 0 Å². The van der Waals surface area contributed by atoms with E-state index < -0.39 is 0 Å². The van der Waals surface area contributed by atoms with E-state index >= 15 is 0 Å². The maximum absolute atomic E-state index is 6.12. The number of hydrogen-bond donors (Lipinski definition) is 1. The zero-order valence-electron chi connectivity index (χ0n) is 7.78. The Morgan fingerprint density at radius 1 is 1.27 bits per heavy atom. The van der Waals surface area contributed by atoms with Gasteiger partial charge in [-0.05, 0) is 56.0 Å². The lowest BCUT2D eigenvalue weighted by Crippen LogP contribution is -2.10. The number of halogens is 2. The molecule has 0 aliphatic rings. The summed E-state index contributed by atoms with van der Waals surface area (Å²) in [6, 6.07) is 7.73. The van der Waals surface area contributed by atoms with Crippen molar-refractivity contribution in [2.75, 3.05) is 0 Å². The first-order chi connectivity index (χ1) is 7.18. The normalized spacial score (nSPS) is 12.7. The monoisotopic (exact) mass is 301 g/mol. The molecule has 0 radical (unpaired) electrons. The predicted octanol–water partition coefficient (Wildman–Crippen LogP) is 4.21. The van der Waals surface area contributed by atoms with Gasteiger partial charge >= 0.3 is 0 Å². The Morgan fingerprint density at radius 2 is 2.07 bits per heavy atom. The Labute approximate surface area is 106 Å². The highest BCUT2D eigenvalue weighted by atomic mass is 79.9. The standard InChI is InChI=1S/C11H9BrClNS/c12-9-5-7(1-2-10(9)13)11(14)8-3-4-15-6-8/h1-6,11H,14H2. The highest BCUT2D eigenvalue weighted by Gasteiger charge is 2.10. The van der Waals surface area contributed by atoms with E-state index in [2.05, 4.69) is 21.3 Å². The van der Waals surface area contributed by atoms with Crippen molar-refractivity contribution in [1.29, 1.82) is 0 Å².